The lowest BCUT2D eigenvalue weighted by Gasteiger charge is -2.35. The third-order valence-electron chi connectivity index (χ3n) is 4.61. The lowest BCUT2D eigenvalue weighted by atomic mass is 9.78. The van der Waals surface area contributed by atoms with Gasteiger partial charge in [0.25, 0.3) is 0 Å². The monoisotopic (exact) mass is 350 g/mol. The fourth-order valence-electron chi connectivity index (χ4n) is 2.93. The summed E-state index contributed by atoms with van der Waals surface area (Å²) in [5.74, 6) is 1.37. The molecule has 0 heterocycles. The van der Waals surface area contributed by atoms with Crippen molar-refractivity contribution in [2.24, 2.45) is 11.8 Å². The zero-order valence-corrected chi connectivity index (χ0v) is 15.4. The van der Waals surface area contributed by atoms with E-state index in [0.29, 0.717) is 28.7 Å². The molecular formula is C17H26N4S2. The second-order valence-corrected chi connectivity index (χ2v) is 7.08. The molecule has 0 bridgehead atoms. The Bertz CT molecular complexity index is 521. The zero-order valence-electron chi connectivity index (χ0n) is 13.8. The van der Waals surface area contributed by atoms with E-state index < -0.39 is 0 Å². The molecule has 1 fully saturated rings. The van der Waals surface area contributed by atoms with Crippen LogP contribution in [0.5, 0.6) is 0 Å². The molecule has 0 unspecified atom stereocenters. The summed E-state index contributed by atoms with van der Waals surface area (Å²) >= 11 is 10.6. The molecule has 1 aliphatic carbocycles. The van der Waals surface area contributed by atoms with Gasteiger partial charge in [0.15, 0.2) is 10.2 Å². The van der Waals surface area contributed by atoms with Crippen molar-refractivity contribution in [1.29, 1.82) is 0 Å². The highest BCUT2D eigenvalue weighted by molar-refractivity contribution is 7.80. The van der Waals surface area contributed by atoms with Gasteiger partial charge in [-0.2, -0.15) is 0 Å². The summed E-state index contributed by atoms with van der Waals surface area (Å²) in [6, 6.07) is 10.6. The van der Waals surface area contributed by atoms with Crippen LogP contribution in [0, 0.1) is 11.8 Å². The quantitative estimate of drug-likeness (QED) is 0.497. The zero-order chi connectivity index (χ0) is 16.7. The van der Waals surface area contributed by atoms with E-state index in [4.69, 9.17) is 24.4 Å². The maximum absolute atomic E-state index is 5.35. The summed E-state index contributed by atoms with van der Waals surface area (Å²) < 4.78 is 0. The Morgan fingerprint density at radius 3 is 2.48 bits per heavy atom. The topological polar surface area (TPSA) is 48.1 Å². The standard InChI is InChI=1S/C17H26N4S2/c1-12-7-6-10-15(13(12)2)19-17(23)21-20-16(22)18-11-14-8-4-3-5-9-14/h3-5,8-9,12-13,15H,6-7,10-11H2,1-2H3,(H2,18,20,22)(H2,19,21,23)/t12-,13-,15+/m1/s1. The van der Waals surface area contributed by atoms with E-state index in [1.165, 1.54) is 24.8 Å². The molecule has 1 aromatic carbocycles. The van der Waals surface area contributed by atoms with Gasteiger partial charge in [0.05, 0.1) is 0 Å². The van der Waals surface area contributed by atoms with E-state index in [9.17, 15) is 0 Å². The van der Waals surface area contributed by atoms with Crippen LogP contribution < -0.4 is 21.5 Å². The minimum absolute atomic E-state index is 0.436. The first kappa shape index (κ1) is 17.9. The number of thiocarbonyl (C=S) groups is 2. The summed E-state index contributed by atoms with van der Waals surface area (Å²) in [6.07, 6.45) is 3.74. The Kier molecular flexibility index (Phi) is 7.05. The van der Waals surface area contributed by atoms with Crippen LogP contribution in [0.4, 0.5) is 0 Å². The first-order valence-corrected chi connectivity index (χ1v) is 9.02. The molecule has 0 aromatic heterocycles. The van der Waals surface area contributed by atoms with Gasteiger partial charge in [-0.3, -0.25) is 10.9 Å². The van der Waals surface area contributed by atoms with E-state index >= 15 is 0 Å². The molecule has 4 nitrogen and oxygen atoms in total. The molecule has 4 N–H and O–H groups in total. The van der Waals surface area contributed by atoms with Gasteiger partial charge in [-0.25, -0.2) is 0 Å². The maximum Gasteiger partial charge on any atom is 0.185 e. The van der Waals surface area contributed by atoms with Gasteiger partial charge in [-0.05, 0) is 48.3 Å². The van der Waals surface area contributed by atoms with Crippen molar-refractivity contribution in [2.45, 2.75) is 45.7 Å². The Balaban J connectivity index is 1.66. The second-order valence-electron chi connectivity index (χ2n) is 6.27. The minimum atomic E-state index is 0.436. The molecular weight excluding hydrogens is 324 g/mol. The molecule has 0 spiro atoms. The molecule has 23 heavy (non-hydrogen) atoms. The average molecular weight is 351 g/mol. The Hall–Kier alpha value is -1.40. The highest BCUT2D eigenvalue weighted by Gasteiger charge is 2.27. The van der Waals surface area contributed by atoms with Gasteiger partial charge in [0.1, 0.15) is 0 Å². The molecule has 1 aliphatic rings. The lowest BCUT2D eigenvalue weighted by Crippen LogP contribution is -2.54. The number of nitrogens with one attached hydrogen (secondary N) is 4. The summed E-state index contributed by atoms with van der Waals surface area (Å²) in [7, 11) is 0. The first-order valence-electron chi connectivity index (χ1n) is 8.20. The van der Waals surface area contributed by atoms with Crippen molar-refractivity contribution in [1.82, 2.24) is 21.5 Å². The normalized spacial score (nSPS) is 23.7. The first-order chi connectivity index (χ1) is 11.1. The summed E-state index contributed by atoms with van der Waals surface area (Å²) in [6.45, 7) is 5.30. The summed E-state index contributed by atoms with van der Waals surface area (Å²) in [5.41, 5.74) is 7.09. The average Bonchev–Trinajstić information content (AvgIpc) is 2.56. The van der Waals surface area contributed by atoms with Gasteiger partial charge >= 0.3 is 0 Å². The van der Waals surface area contributed by atoms with Crippen LogP contribution in [0.25, 0.3) is 0 Å². The number of benzene rings is 1. The third-order valence-corrected chi connectivity index (χ3v) is 5.08. The van der Waals surface area contributed by atoms with E-state index in [1.807, 2.05) is 18.2 Å². The highest BCUT2D eigenvalue weighted by atomic mass is 32.1. The lowest BCUT2D eigenvalue weighted by molar-refractivity contribution is 0.224. The smallest absolute Gasteiger partial charge is 0.185 e. The fraction of sp³-hybridized carbons (Fsp3) is 0.529. The van der Waals surface area contributed by atoms with Gasteiger partial charge in [0.2, 0.25) is 0 Å². The van der Waals surface area contributed by atoms with Crippen molar-refractivity contribution in [3.8, 4) is 0 Å². The molecule has 1 saturated carbocycles. The predicted octanol–water partition coefficient (Wildman–Crippen LogP) is 2.85. The van der Waals surface area contributed by atoms with Crippen molar-refractivity contribution >= 4 is 34.7 Å². The highest BCUT2D eigenvalue weighted by Crippen LogP contribution is 2.29. The van der Waals surface area contributed by atoms with E-state index in [1.54, 1.807) is 0 Å². The second kappa shape index (κ2) is 9.03. The van der Waals surface area contributed by atoms with Gasteiger partial charge < -0.3 is 10.6 Å². The molecule has 0 amide bonds. The van der Waals surface area contributed by atoms with Crippen molar-refractivity contribution in [3.05, 3.63) is 35.9 Å². The van der Waals surface area contributed by atoms with Crippen LogP contribution in [0.2, 0.25) is 0 Å². The van der Waals surface area contributed by atoms with Gasteiger partial charge in [0, 0.05) is 12.6 Å². The Morgan fingerprint density at radius 2 is 1.74 bits per heavy atom. The van der Waals surface area contributed by atoms with E-state index in [-0.39, 0.29) is 0 Å². The molecule has 0 radical (unpaired) electrons. The molecule has 6 heteroatoms. The summed E-state index contributed by atoms with van der Waals surface area (Å²) in [5, 5.41) is 7.67. The van der Waals surface area contributed by atoms with E-state index in [2.05, 4.69) is 47.5 Å². The van der Waals surface area contributed by atoms with Crippen LogP contribution in [-0.2, 0) is 6.54 Å². The van der Waals surface area contributed by atoms with Crippen molar-refractivity contribution in [2.75, 3.05) is 0 Å². The molecule has 0 saturated heterocycles. The molecule has 0 aliphatic heterocycles. The Labute approximate surface area is 149 Å². The number of rotatable bonds is 3. The Morgan fingerprint density at radius 1 is 1.04 bits per heavy atom. The largest absolute Gasteiger partial charge is 0.358 e. The molecule has 2 rings (SSSR count). The molecule has 1 aromatic rings. The van der Waals surface area contributed by atoms with Crippen molar-refractivity contribution < 1.29 is 0 Å². The van der Waals surface area contributed by atoms with Crippen molar-refractivity contribution in [3.63, 3.8) is 0 Å². The van der Waals surface area contributed by atoms with Crippen LogP contribution in [-0.4, -0.2) is 16.3 Å². The number of hydrogen-bond acceptors (Lipinski definition) is 2. The minimum Gasteiger partial charge on any atom is -0.358 e. The molecule has 3 atom stereocenters. The third kappa shape index (κ3) is 5.95. The van der Waals surface area contributed by atoms with Gasteiger partial charge in [-0.15, -0.1) is 0 Å². The molecule has 126 valence electrons. The predicted molar refractivity (Wildman–Crippen MR) is 104 cm³/mol. The van der Waals surface area contributed by atoms with E-state index in [0.717, 1.165) is 5.92 Å². The van der Waals surface area contributed by atoms with Crippen LogP contribution >= 0.6 is 24.4 Å². The maximum atomic E-state index is 5.35. The SMILES string of the molecule is C[C@@H]1[C@H](C)CCC[C@@H]1NC(=S)NNC(=S)NCc1ccccc1. The van der Waals surface area contributed by atoms with Crippen LogP contribution in [0.15, 0.2) is 30.3 Å². The number of hydrogen-bond donors (Lipinski definition) is 4. The fourth-order valence-corrected chi connectivity index (χ4v) is 3.25. The van der Waals surface area contributed by atoms with Crippen LogP contribution in [0.3, 0.4) is 0 Å². The summed E-state index contributed by atoms with van der Waals surface area (Å²) in [4.78, 5) is 0. The number of hydrazine groups is 1. The van der Waals surface area contributed by atoms with Gasteiger partial charge in [-0.1, -0.05) is 57.0 Å². The van der Waals surface area contributed by atoms with Crippen LogP contribution in [0.1, 0.15) is 38.7 Å².